The molecule has 0 spiro atoms. The Morgan fingerprint density at radius 1 is 1.44 bits per heavy atom. The molecular formula is C11H19N5. The summed E-state index contributed by atoms with van der Waals surface area (Å²) >= 11 is 0. The van der Waals surface area contributed by atoms with Gasteiger partial charge in [0.2, 0.25) is 0 Å². The highest BCUT2D eigenvalue weighted by Crippen LogP contribution is 2.15. The molecule has 5 heteroatoms. The van der Waals surface area contributed by atoms with Crippen LogP contribution < -0.4 is 10.6 Å². The van der Waals surface area contributed by atoms with E-state index in [9.17, 15) is 0 Å². The molecule has 1 aromatic rings. The van der Waals surface area contributed by atoms with Crippen LogP contribution in [-0.2, 0) is 0 Å². The Morgan fingerprint density at radius 3 is 2.56 bits per heavy atom. The lowest BCUT2D eigenvalue weighted by Gasteiger charge is -2.25. The second-order valence-corrected chi connectivity index (χ2v) is 4.07. The van der Waals surface area contributed by atoms with Crippen molar-refractivity contribution in [3.8, 4) is 0 Å². The first kappa shape index (κ1) is 12.4. The van der Waals surface area contributed by atoms with Crippen LogP contribution in [0.3, 0.4) is 0 Å². The first-order valence-corrected chi connectivity index (χ1v) is 5.46. The largest absolute Gasteiger partial charge is 0.382 e. The SMILES string of the molecule is CCN(CC(C)C)c1nccnc1C(=N)N. The van der Waals surface area contributed by atoms with Crippen LogP contribution in [-0.4, -0.2) is 28.9 Å². The van der Waals surface area contributed by atoms with Crippen LogP contribution in [0, 0.1) is 11.3 Å². The van der Waals surface area contributed by atoms with Crippen molar-refractivity contribution in [3.05, 3.63) is 18.1 Å². The number of hydrogen-bond acceptors (Lipinski definition) is 4. The number of nitrogen functional groups attached to an aromatic ring is 1. The minimum Gasteiger partial charge on any atom is -0.382 e. The third-order valence-electron chi connectivity index (χ3n) is 2.20. The van der Waals surface area contributed by atoms with Gasteiger partial charge in [-0.1, -0.05) is 13.8 Å². The van der Waals surface area contributed by atoms with Gasteiger partial charge < -0.3 is 10.6 Å². The van der Waals surface area contributed by atoms with Crippen LogP contribution in [0.1, 0.15) is 26.5 Å². The van der Waals surface area contributed by atoms with E-state index < -0.39 is 0 Å². The monoisotopic (exact) mass is 221 g/mol. The molecule has 0 aliphatic carbocycles. The lowest BCUT2D eigenvalue weighted by molar-refractivity contribution is 0.613. The van der Waals surface area contributed by atoms with Gasteiger partial charge in [-0.15, -0.1) is 0 Å². The van der Waals surface area contributed by atoms with E-state index in [1.165, 1.54) is 0 Å². The van der Waals surface area contributed by atoms with Crippen LogP contribution in [0.2, 0.25) is 0 Å². The van der Waals surface area contributed by atoms with Gasteiger partial charge in [-0.2, -0.15) is 0 Å². The molecule has 0 amide bonds. The third kappa shape index (κ3) is 2.92. The van der Waals surface area contributed by atoms with Crippen LogP contribution >= 0.6 is 0 Å². The molecule has 0 atom stereocenters. The first-order chi connectivity index (χ1) is 7.56. The highest BCUT2D eigenvalue weighted by molar-refractivity contribution is 5.97. The first-order valence-electron chi connectivity index (χ1n) is 5.46. The zero-order valence-electron chi connectivity index (χ0n) is 10.1. The molecule has 0 saturated carbocycles. The molecule has 1 heterocycles. The van der Waals surface area contributed by atoms with Crippen LogP contribution in [0.4, 0.5) is 5.82 Å². The number of anilines is 1. The summed E-state index contributed by atoms with van der Waals surface area (Å²) in [5, 5.41) is 7.48. The Hall–Kier alpha value is -1.65. The Labute approximate surface area is 96.2 Å². The van der Waals surface area contributed by atoms with Gasteiger partial charge in [0.15, 0.2) is 5.82 Å². The van der Waals surface area contributed by atoms with E-state index in [0.29, 0.717) is 17.4 Å². The van der Waals surface area contributed by atoms with E-state index in [4.69, 9.17) is 11.1 Å². The van der Waals surface area contributed by atoms with Crippen molar-refractivity contribution in [2.75, 3.05) is 18.0 Å². The van der Waals surface area contributed by atoms with Gasteiger partial charge in [0.1, 0.15) is 11.5 Å². The topological polar surface area (TPSA) is 78.9 Å². The van der Waals surface area contributed by atoms with Crippen molar-refractivity contribution in [1.82, 2.24) is 9.97 Å². The normalized spacial score (nSPS) is 10.5. The minimum atomic E-state index is -0.0368. The fourth-order valence-electron chi connectivity index (χ4n) is 1.56. The summed E-state index contributed by atoms with van der Waals surface area (Å²) in [6.07, 6.45) is 3.19. The molecule has 0 aliphatic rings. The zero-order valence-corrected chi connectivity index (χ0v) is 10.1. The Morgan fingerprint density at radius 2 is 2.06 bits per heavy atom. The van der Waals surface area contributed by atoms with Crippen molar-refractivity contribution in [1.29, 1.82) is 5.41 Å². The summed E-state index contributed by atoms with van der Waals surface area (Å²) in [4.78, 5) is 10.5. The van der Waals surface area contributed by atoms with E-state index in [-0.39, 0.29) is 5.84 Å². The van der Waals surface area contributed by atoms with Gasteiger partial charge in [0.25, 0.3) is 0 Å². The van der Waals surface area contributed by atoms with Gasteiger partial charge >= 0.3 is 0 Å². The summed E-state index contributed by atoms with van der Waals surface area (Å²) in [6.45, 7) is 8.06. The van der Waals surface area contributed by atoms with E-state index >= 15 is 0 Å². The standard InChI is InChI=1S/C11H19N5/c1-4-16(7-8(2)3)11-9(10(12)13)14-5-6-15-11/h5-6,8H,4,7H2,1-3H3,(H3,12,13). The van der Waals surface area contributed by atoms with Crippen LogP contribution in [0.5, 0.6) is 0 Å². The second kappa shape index (κ2) is 5.44. The molecule has 1 aromatic heterocycles. The fourth-order valence-corrected chi connectivity index (χ4v) is 1.56. The highest BCUT2D eigenvalue weighted by atomic mass is 15.2. The molecule has 1 rings (SSSR count). The van der Waals surface area contributed by atoms with Gasteiger partial charge in [-0.25, -0.2) is 9.97 Å². The van der Waals surface area contributed by atoms with Gasteiger partial charge in [0.05, 0.1) is 0 Å². The maximum Gasteiger partial charge on any atom is 0.158 e. The number of nitrogens with two attached hydrogens (primary N) is 1. The van der Waals surface area contributed by atoms with E-state index in [0.717, 1.165) is 13.1 Å². The molecule has 0 bridgehead atoms. The second-order valence-electron chi connectivity index (χ2n) is 4.07. The Bertz CT molecular complexity index is 361. The number of aromatic nitrogens is 2. The van der Waals surface area contributed by atoms with Crippen LogP contribution in [0.25, 0.3) is 0 Å². The molecule has 0 aromatic carbocycles. The lowest BCUT2D eigenvalue weighted by atomic mass is 10.2. The summed E-state index contributed by atoms with van der Waals surface area (Å²) in [6, 6.07) is 0. The molecule has 88 valence electrons. The number of nitrogens with one attached hydrogen (secondary N) is 1. The predicted molar refractivity (Wildman–Crippen MR) is 65.8 cm³/mol. The summed E-state index contributed by atoms with van der Waals surface area (Å²) in [5.41, 5.74) is 5.95. The third-order valence-corrected chi connectivity index (χ3v) is 2.20. The van der Waals surface area contributed by atoms with Crippen molar-refractivity contribution in [3.63, 3.8) is 0 Å². The van der Waals surface area contributed by atoms with E-state index in [1.54, 1.807) is 12.4 Å². The smallest absolute Gasteiger partial charge is 0.158 e. The zero-order chi connectivity index (χ0) is 12.1. The van der Waals surface area contributed by atoms with Gasteiger partial charge in [0, 0.05) is 25.5 Å². The lowest BCUT2D eigenvalue weighted by Crippen LogP contribution is -2.31. The number of nitrogens with zero attached hydrogens (tertiary/aromatic N) is 3. The molecule has 16 heavy (non-hydrogen) atoms. The van der Waals surface area contributed by atoms with Crippen molar-refractivity contribution in [2.45, 2.75) is 20.8 Å². The quantitative estimate of drug-likeness (QED) is 0.579. The predicted octanol–water partition coefficient (Wildman–Crippen LogP) is 1.24. The molecule has 5 nitrogen and oxygen atoms in total. The number of hydrogen-bond donors (Lipinski definition) is 2. The summed E-state index contributed by atoms with van der Waals surface area (Å²) in [7, 11) is 0. The molecule has 0 saturated heterocycles. The summed E-state index contributed by atoms with van der Waals surface area (Å²) < 4.78 is 0. The van der Waals surface area contributed by atoms with Crippen molar-refractivity contribution in [2.24, 2.45) is 11.7 Å². The Balaban J connectivity index is 3.04. The Kier molecular flexibility index (Phi) is 4.22. The maximum atomic E-state index is 7.48. The van der Waals surface area contributed by atoms with E-state index in [1.807, 2.05) is 0 Å². The average molecular weight is 221 g/mol. The maximum absolute atomic E-state index is 7.48. The van der Waals surface area contributed by atoms with E-state index in [2.05, 4.69) is 35.6 Å². The molecule has 0 unspecified atom stereocenters. The van der Waals surface area contributed by atoms with Crippen molar-refractivity contribution >= 4 is 11.7 Å². The summed E-state index contributed by atoms with van der Waals surface area (Å²) in [5.74, 6) is 1.19. The van der Waals surface area contributed by atoms with Gasteiger partial charge in [-0.05, 0) is 12.8 Å². The highest BCUT2D eigenvalue weighted by Gasteiger charge is 2.15. The average Bonchev–Trinajstić information content (AvgIpc) is 2.25. The van der Waals surface area contributed by atoms with Gasteiger partial charge in [-0.3, -0.25) is 5.41 Å². The van der Waals surface area contributed by atoms with Crippen molar-refractivity contribution < 1.29 is 0 Å². The minimum absolute atomic E-state index is 0.0368. The molecule has 0 aliphatic heterocycles. The van der Waals surface area contributed by atoms with Crippen LogP contribution in [0.15, 0.2) is 12.4 Å². The number of amidine groups is 1. The molecule has 0 radical (unpaired) electrons. The fraction of sp³-hybridized carbons (Fsp3) is 0.545. The molecule has 3 N–H and O–H groups in total. The number of rotatable bonds is 5. The molecule has 0 fully saturated rings. The molecular weight excluding hydrogens is 202 g/mol.